The van der Waals surface area contributed by atoms with Crippen molar-refractivity contribution in [3.63, 3.8) is 0 Å². The quantitative estimate of drug-likeness (QED) is 0.535. The molecule has 1 heterocycles. The molecule has 1 N–H and O–H groups in total. The van der Waals surface area contributed by atoms with Gasteiger partial charge in [-0.25, -0.2) is 9.18 Å². The number of hydrogen-bond acceptors (Lipinski definition) is 6. The Hall–Kier alpha value is -3.39. The number of amides is 1. The lowest BCUT2D eigenvalue weighted by Crippen LogP contribution is -2.16. The minimum absolute atomic E-state index is 0.172. The molecule has 0 saturated carbocycles. The Morgan fingerprint density at radius 2 is 1.63 bits per heavy atom. The number of thiophene rings is 1. The van der Waals surface area contributed by atoms with Gasteiger partial charge in [-0.15, -0.1) is 11.3 Å². The second kappa shape index (κ2) is 9.41. The molecule has 3 aromatic rings. The van der Waals surface area contributed by atoms with Crippen molar-refractivity contribution >= 4 is 28.2 Å². The lowest BCUT2D eigenvalue weighted by molar-refractivity contribution is 0.0529. The van der Waals surface area contributed by atoms with E-state index in [1.165, 1.54) is 37.7 Å². The van der Waals surface area contributed by atoms with Crippen LogP contribution in [-0.4, -0.2) is 32.7 Å². The Morgan fingerprint density at radius 3 is 2.20 bits per heavy atom. The predicted molar refractivity (Wildman–Crippen MR) is 113 cm³/mol. The molecule has 1 amide bonds. The molecule has 0 aliphatic carbocycles. The van der Waals surface area contributed by atoms with Crippen LogP contribution in [0.4, 0.5) is 9.39 Å². The smallest absolute Gasteiger partial charge is 0.341 e. The number of carbonyl (C=O) groups is 2. The van der Waals surface area contributed by atoms with Gasteiger partial charge in [-0.05, 0) is 36.8 Å². The fourth-order valence-corrected chi connectivity index (χ4v) is 3.89. The zero-order chi connectivity index (χ0) is 21.7. The van der Waals surface area contributed by atoms with Crippen LogP contribution in [0.15, 0.2) is 47.8 Å². The molecule has 30 heavy (non-hydrogen) atoms. The van der Waals surface area contributed by atoms with Crippen molar-refractivity contribution in [2.45, 2.75) is 6.92 Å². The van der Waals surface area contributed by atoms with Crippen molar-refractivity contribution < 1.29 is 28.2 Å². The zero-order valence-corrected chi connectivity index (χ0v) is 17.5. The Morgan fingerprint density at radius 1 is 1.00 bits per heavy atom. The second-order valence-electron chi connectivity index (χ2n) is 6.07. The Balaban J connectivity index is 2.04. The number of ether oxygens (including phenoxy) is 3. The molecule has 3 rings (SSSR count). The molecule has 0 spiro atoms. The monoisotopic (exact) mass is 429 g/mol. The van der Waals surface area contributed by atoms with E-state index in [0.717, 1.165) is 0 Å². The summed E-state index contributed by atoms with van der Waals surface area (Å²) in [5.41, 5.74) is 1.58. The highest BCUT2D eigenvalue weighted by Gasteiger charge is 2.25. The van der Waals surface area contributed by atoms with E-state index in [-0.39, 0.29) is 23.6 Å². The lowest BCUT2D eigenvalue weighted by Gasteiger charge is -2.13. The summed E-state index contributed by atoms with van der Waals surface area (Å²) < 4.78 is 29.1. The van der Waals surface area contributed by atoms with Crippen LogP contribution in [0, 0.1) is 5.82 Å². The van der Waals surface area contributed by atoms with Crippen molar-refractivity contribution in [2.75, 3.05) is 26.1 Å². The fourth-order valence-electron chi connectivity index (χ4n) is 2.94. The molecule has 2 aromatic carbocycles. The van der Waals surface area contributed by atoms with Gasteiger partial charge in [0.2, 0.25) is 0 Å². The van der Waals surface area contributed by atoms with Crippen LogP contribution in [0.2, 0.25) is 0 Å². The summed E-state index contributed by atoms with van der Waals surface area (Å²) in [5.74, 6) is -0.800. The number of esters is 1. The van der Waals surface area contributed by atoms with Crippen molar-refractivity contribution in [1.82, 2.24) is 0 Å². The van der Waals surface area contributed by atoms with Gasteiger partial charge >= 0.3 is 5.97 Å². The van der Waals surface area contributed by atoms with Crippen LogP contribution in [0.5, 0.6) is 11.5 Å². The highest BCUT2D eigenvalue weighted by Crippen LogP contribution is 2.37. The van der Waals surface area contributed by atoms with E-state index in [0.29, 0.717) is 27.6 Å². The highest BCUT2D eigenvalue weighted by molar-refractivity contribution is 7.15. The summed E-state index contributed by atoms with van der Waals surface area (Å²) in [5, 5.41) is 4.79. The zero-order valence-electron chi connectivity index (χ0n) is 16.7. The number of carbonyl (C=O) groups excluding carboxylic acids is 2. The van der Waals surface area contributed by atoms with E-state index >= 15 is 0 Å². The minimum atomic E-state index is -0.583. The van der Waals surface area contributed by atoms with Crippen LogP contribution < -0.4 is 14.8 Å². The minimum Gasteiger partial charge on any atom is -0.496 e. The Kier molecular flexibility index (Phi) is 6.68. The van der Waals surface area contributed by atoms with Gasteiger partial charge in [0, 0.05) is 10.9 Å². The number of benzene rings is 2. The summed E-state index contributed by atoms with van der Waals surface area (Å²) in [4.78, 5) is 25.7. The van der Waals surface area contributed by atoms with Crippen LogP contribution >= 0.6 is 11.3 Å². The first-order valence-corrected chi connectivity index (χ1v) is 9.95. The number of halogens is 1. The van der Waals surface area contributed by atoms with E-state index < -0.39 is 11.9 Å². The first-order valence-electron chi connectivity index (χ1n) is 9.07. The van der Waals surface area contributed by atoms with Gasteiger partial charge in [0.15, 0.2) is 0 Å². The first kappa shape index (κ1) is 21.3. The lowest BCUT2D eigenvalue weighted by atomic mass is 10.0. The van der Waals surface area contributed by atoms with Gasteiger partial charge in [0.1, 0.15) is 33.4 Å². The molecular weight excluding hydrogens is 409 g/mol. The molecule has 0 fully saturated rings. The predicted octanol–water partition coefficient (Wildman–Crippen LogP) is 5.00. The third-order valence-electron chi connectivity index (χ3n) is 4.31. The summed E-state index contributed by atoms with van der Waals surface area (Å²) in [6, 6.07) is 10.7. The van der Waals surface area contributed by atoms with Crippen LogP contribution in [0.1, 0.15) is 27.6 Å². The molecular formula is C22H20FNO5S. The fraction of sp³-hybridized carbons (Fsp3) is 0.182. The molecule has 0 saturated heterocycles. The largest absolute Gasteiger partial charge is 0.496 e. The van der Waals surface area contributed by atoms with Crippen molar-refractivity contribution in [1.29, 1.82) is 0 Å². The molecule has 156 valence electrons. The maximum Gasteiger partial charge on any atom is 0.341 e. The normalized spacial score (nSPS) is 10.4. The maximum absolute atomic E-state index is 13.3. The van der Waals surface area contributed by atoms with Crippen molar-refractivity contribution in [3.8, 4) is 22.6 Å². The van der Waals surface area contributed by atoms with Gasteiger partial charge in [-0.1, -0.05) is 18.2 Å². The van der Waals surface area contributed by atoms with Crippen LogP contribution in [0.3, 0.4) is 0 Å². The second-order valence-corrected chi connectivity index (χ2v) is 6.95. The van der Waals surface area contributed by atoms with E-state index in [4.69, 9.17) is 14.2 Å². The van der Waals surface area contributed by atoms with E-state index in [1.54, 1.807) is 42.6 Å². The standard InChI is InChI=1S/C22H20FNO5S/c1-4-29-22(26)18-15(13-8-10-14(23)11-9-13)12-30-21(18)24-20(25)19-16(27-2)6-5-7-17(19)28-3/h5-12H,4H2,1-3H3,(H,24,25). The summed E-state index contributed by atoms with van der Waals surface area (Å²) in [6.45, 7) is 1.87. The van der Waals surface area contributed by atoms with E-state index in [2.05, 4.69) is 5.32 Å². The molecule has 6 nitrogen and oxygen atoms in total. The van der Waals surface area contributed by atoms with Crippen LogP contribution in [-0.2, 0) is 4.74 Å². The average molecular weight is 429 g/mol. The van der Waals surface area contributed by atoms with E-state index in [9.17, 15) is 14.0 Å². The molecule has 0 radical (unpaired) electrons. The van der Waals surface area contributed by atoms with E-state index in [1.807, 2.05) is 0 Å². The molecule has 0 atom stereocenters. The number of methoxy groups -OCH3 is 2. The first-order chi connectivity index (χ1) is 14.5. The van der Waals surface area contributed by atoms with Crippen molar-refractivity contribution in [2.24, 2.45) is 0 Å². The van der Waals surface area contributed by atoms with Gasteiger partial charge in [-0.2, -0.15) is 0 Å². The third-order valence-corrected chi connectivity index (χ3v) is 5.20. The number of rotatable bonds is 7. The van der Waals surface area contributed by atoms with Crippen LogP contribution in [0.25, 0.3) is 11.1 Å². The summed E-state index contributed by atoms with van der Waals surface area (Å²) >= 11 is 1.17. The Labute approximate surface area is 177 Å². The van der Waals surface area contributed by atoms with Gasteiger partial charge in [0.25, 0.3) is 5.91 Å². The molecule has 8 heteroatoms. The van der Waals surface area contributed by atoms with Gasteiger partial charge in [-0.3, -0.25) is 4.79 Å². The topological polar surface area (TPSA) is 73.9 Å². The number of hydrogen-bond donors (Lipinski definition) is 1. The number of nitrogens with one attached hydrogen (secondary N) is 1. The molecule has 0 aliphatic rings. The third kappa shape index (κ3) is 4.28. The van der Waals surface area contributed by atoms with Gasteiger partial charge in [0.05, 0.1) is 20.8 Å². The number of anilines is 1. The molecule has 1 aromatic heterocycles. The molecule has 0 unspecified atom stereocenters. The highest BCUT2D eigenvalue weighted by atomic mass is 32.1. The summed E-state index contributed by atoms with van der Waals surface area (Å²) in [7, 11) is 2.90. The van der Waals surface area contributed by atoms with Gasteiger partial charge < -0.3 is 19.5 Å². The SMILES string of the molecule is CCOC(=O)c1c(-c2ccc(F)cc2)csc1NC(=O)c1c(OC)cccc1OC. The summed E-state index contributed by atoms with van der Waals surface area (Å²) in [6.07, 6.45) is 0. The molecule has 0 aliphatic heterocycles. The average Bonchev–Trinajstić information content (AvgIpc) is 3.17. The Bertz CT molecular complexity index is 1040. The van der Waals surface area contributed by atoms with Crippen molar-refractivity contribution in [3.05, 3.63) is 64.8 Å². The molecule has 0 bridgehead atoms. The maximum atomic E-state index is 13.3.